The molecule has 7 heteroatoms. The minimum atomic E-state index is -0.664. The van der Waals surface area contributed by atoms with Crippen molar-refractivity contribution in [1.82, 2.24) is 20.6 Å². The van der Waals surface area contributed by atoms with Crippen molar-refractivity contribution in [3.8, 4) is 0 Å². The summed E-state index contributed by atoms with van der Waals surface area (Å²) in [6.07, 6.45) is 0. The van der Waals surface area contributed by atoms with Crippen molar-refractivity contribution in [3.05, 3.63) is 30.3 Å². The monoisotopic (exact) mass is 204 g/mol. The van der Waals surface area contributed by atoms with Crippen LogP contribution in [0.3, 0.4) is 0 Å². The van der Waals surface area contributed by atoms with E-state index >= 15 is 0 Å². The number of anilines is 2. The summed E-state index contributed by atoms with van der Waals surface area (Å²) in [5.74, 6) is 0.119. The van der Waals surface area contributed by atoms with Gasteiger partial charge < -0.3 is 5.73 Å². The van der Waals surface area contributed by atoms with E-state index in [0.717, 1.165) is 4.90 Å². The van der Waals surface area contributed by atoms with Gasteiger partial charge in [-0.05, 0) is 17.3 Å². The highest BCUT2D eigenvalue weighted by Crippen LogP contribution is 2.19. The number of nitrogens with zero attached hydrogens (tertiary/aromatic N) is 4. The Bertz CT molecular complexity index is 439. The number of hydrogen-bond donors (Lipinski definition) is 2. The van der Waals surface area contributed by atoms with Gasteiger partial charge in [0.25, 0.3) is 5.95 Å². The molecule has 0 saturated heterocycles. The lowest BCUT2D eigenvalue weighted by Crippen LogP contribution is -2.32. The molecular formula is C8H8N6O. The second-order valence-electron chi connectivity index (χ2n) is 2.72. The second-order valence-corrected chi connectivity index (χ2v) is 2.72. The molecule has 1 aromatic carbocycles. The Balaban J connectivity index is 2.42. The number of hydrogen-bond acceptors (Lipinski definition) is 4. The average molecular weight is 204 g/mol. The number of amides is 2. The molecule has 0 radical (unpaired) electrons. The Hall–Kier alpha value is -2.44. The smallest absolute Gasteiger partial charge is 0.326 e. The fourth-order valence-electron chi connectivity index (χ4n) is 1.17. The number of para-hydroxylation sites is 1. The molecule has 0 bridgehead atoms. The third-order valence-corrected chi connectivity index (χ3v) is 1.77. The Morgan fingerprint density at radius 2 is 2.07 bits per heavy atom. The van der Waals surface area contributed by atoms with Crippen LogP contribution >= 0.6 is 0 Å². The van der Waals surface area contributed by atoms with Crippen molar-refractivity contribution in [2.45, 2.75) is 0 Å². The number of primary amides is 1. The van der Waals surface area contributed by atoms with E-state index in [1.165, 1.54) is 0 Å². The van der Waals surface area contributed by atoms with E-state index in [9.17, 15) is 4.79 Å². The van der Waals surface area contributed by atoms with E-state index in [4.69, 9.17) is 5.73 Å². The van der Waals surface area contributed by atoms with Crippen LogP contribution in [0.1, 0.15) is 0 Å². The number of aromatic amines is 1. The number of nitrogens with two attached hydrogens (primary N) is 1. The Morgan fingerprint density at radius 1 is 1.33 bits per heavy atom. The number of rotatable bonds is 2. The van der Waals surface area contributed by atoms with E-state index in [1.54, 1.807) is 24.3 Å². The lowest BCUT2D eigenvalue weighted by molar-refractivity contribution is 0.256. The van der Waals surface area contributed by atoms with E-state index in [2.05, 4.69) is 20.6 Å². The Kier molecular flexibility index (Phi) is 2.28. The van der Waals surface area contributed by atoms with Gasteiger partial charge in [-0.2, -0.15) is 5.21 Å². The number of H-pyrrole nitrogens is 1. The van der Waals surface area contributed by atoms with Gasteiger partial charge in [0.05, 0.1) is 5.69 Å². The zero-order chi connectivity index (χ0) is 10.7. The summed E-state index contributed by atoms with van der Waals surface area (Å²) in [4.78, 5) is 12.4. The number of carbonyl (C=O) groups is 1. The van der Waals surface area contributed by atoms with Crippen LogP contribution in [-0.2, 0) is 0 Å². The van der Waals surface area contributed by atoms with Crippen LogP contribution in [0.4, 0.5) is 16.4 Å². The fraction of sp³-hybridized carbons (Fsp3) is 0. The summed E-state index contributed by atoms with van der Waals surface area (Å²) in [6.45, 7) is 0. The molecule has 1 heterocycles. The number of nitrogens with one attached hydrogen (secondary N) is 1. The first kappa shape index (κ1) is 9.13. The van der Waals surface area contributed by atoms with Gasteiger partial charge >= 0.3 is 6.03 Å². The van der Waals surface area contributed by atoms with Gasteiger partial charge in [-0.3, -0.25) is 0 Å². The highest BCUT2D eigenvalue weighted by molar-refractivity contribution is 5.96. The molecule has 2 aromatic rings. The molecule has 0 aliphatic carbocycles. The first-order valence-corrected chi connectivity index (χ1v) is 4.17. The minimum Gasteiger partial charge on any atom is -0.351 e. The quantitative estimate of drug-likeness (QED) is 0.739. The summed E-state index contributed by atoms with van der Waals surface area (Å²) in [6, 6.07) is 8.18. The van der Waals surface area contributed by atoms with Crippen molar-refractivity contribution in [2.24, 2.45) is 5.73 Å². The van der Waals surface area contributed by atoms with Crippen LogP contribution < -0.4 is 10.6 Å². The van der Waals surface area contributed by atoms with Crippen molar-refractivity contribution in [3.63, 3.8) is 0 Å². The van der Waals surface area contributed by atoms with Gasteiger partial charge in [0, 0.05) is 0 Å². The average Bonchev–Trinajstić information content (AvgIpc) is 2.72. The van der Waals surface area contributed by atoms with Crippen LogP contribution in [0.5, 0.6) is 0 Å². The largest absolute Gasteiger partial charge is 0.351 e. The molecule has 3 N–H and O–H groups in total. The number of aromatic nitrogens is 4. The van der Waals surface area contributed by atoms with Gasteiger partial charge in [0.1, 0.15) is 0 Å². The molecule has 1 aromatic heterocycles. The van der Waals surface area contributed by atoms with E-state index in [1.807, 2.05) is 6.07 Å². The number of tetrazole rings is 1. The van der Waals surface area contributed by atoms with Crippen LogP contribution in [0.25, 0.3) is 0 Å². The molecular weight excluding hydrogens is 196 g/mol. The lowest BCUT2D eigenvalue weighted by Gasteiger charge is -2.14. The molecule has 7 nitrogen and oxygen atoms in total. The molecule has 2 amide bonds. The van der Waals surface area contributed by atoms with E-state index < -0.39 is 6.03 Å². The topological polar surface area (TPSA) is 101 Å². The second kappa shape index (κ2) is 3.74. The van der Waals surface area contributed by atoms with Crippen LogP contribution in [0.15, 0.2) is 30.3 Å². The lowest BCUT2D eigenvalue weighted by atomic mass is 10.3. The summed E-state index contributed by atoms with van der Waals surface area (Å²) < 4.78 is 0. The maximum absolute atomic E-state index is 11.2. The van der Waals surface area contributed by atoms with E-state index in [-0.39, 0.29) is 5.95 Å². The van der Waals surface area contributed by atoms with Gasteiger partial charge in [-0.15, -0.1) is 5.10 Å². The molecule has 0 saturated carbocycles. The number of carbonyl (C=O) groups excluding carboxylic acids is 1. The third-order valence-electron chi connectivity index (χ3n) is 1.77. The van der Waals surface area contributed by atoms with Crippen molar-refractivity contribution < 1.29 is 4.79 Å². The van der Waals surface area contributed by atoms with Crippen LogP contribution in [0, 0.1) is 0 Å². The molecule has 0 spiro atoms. The standard InChI is InChI=1S/C8H8N6O/c9-7(15)14(8-10-12-13-11-8)6-4-2-1-3-5-6/h1-5H,(H2,9,15)(H,10,11,12,13). The molecule has 0 unspecified atom stereocenters. The van der Waals surface area contributed by atoms with E-state index in [0.29, 0.717) is 5.69 Å². The molecule has 0 fully saturated rings. The highest BCUT2D eigenvalue weighted by Gasteiger charge is 2.18. The Morgan fingerprint density at radius 3 is 2.60 bits per heavy atom. The van der Waals surface area contributed by atoms with Gasteiger partial charge in [0.2, 0.25) is 0 Å². The molecule has 76 valence electrons. The summed E-state index contributed by atoms with van der Waals surface area (Å²) in [5, 5.41) is 13.0. The Labute approximate surface area is 84.9 Å². The summed E-state index contributed by atoms with van der Waals surface area (Å²) in [5.41, 5.74) is 5.81. The molecule has 0 aliphatic rings. The highest BCUT2D eigenvalue weighted by atomic mass is 16.2. The third kappa shape index (κ3) is 1.75. The fourth-order valence-corrected chi connectivity index (χ4v) is 1.17. The molecule has 15 heavy (non-hydrogen) atoms. The molecule has 0 aliphatic heterocycles. The first-order valence-electron chi connectivity index (χ1n) is 4.17. The molecule has 2 rings (SSSR count). The number of benzene rings is 1. The maximum Gasteiger partial charge on any atom is 0.326 e. The van der Waals surface area contributed by atoms with Gasteiger partial charge in [0.15, 0.2) is 0 Å². The zero-order valence-electron chi connectivity index (χ0n) is 7.66. The SMILES string of the molecule is NC(=O)N(c1ccccc1)c1nn[nH]n1. The van der Waals surface area contributed by atoms with Crippen LogP contribution in [-0.4, -0.2) is 26.7 Å². The predicted molar refractivity (Wildman–Crippen MR) is 52.3 cm³/mol. The van der Waals surface area contributed by atoms with Gasteiger partial charge in [-0.25, -0.2) is 9.69 Å². The normalized spacial score (nSPS) is 9.87. The predicted octanol–water partition coefficient (Wildman–Crippen LogP) is 0.416. The van der Waals surface area contributed by atoms with Crippen molar-refractivity contribution in [2.75, 3.05) is 4.90 Å². The van der Waals surface area contributed by atoms with Crippen molar-refractivity contribution in [1.29, 1.82) is 0 Å². The summed E-state index contributed by atoms with van der Waals surface area (Å²) >= 11 is 0. The molecule has 0 atom stereocenters. The summed E-state index contributed by atoms with van der Waals surface area (Å²) in [7, 11) is 0. The number of urea groups is 1. The maximum atomic E-state index is 11.2. The van der Waals surface area contributed by atoms with Crippen molar-refractivity contribution >= 4 is 17.7 Å². The minimum absolute atomic E-state index is 0.119. The zero-order valence-corrected chi connectivity index (χ0v) is 7.66. The van der Waals surface area contributed by atoms with Gasteiger partial charge in [-0.1, -0.05) is 23.3 Å². The first-order chi connectivity index (χ1) is 7.29. The van der Waals surface area contributed by atoms with Crippen LogP contribution in [0.2, 0.25) is 0 Å².